The van der Waals surface area contributed by atoms with Crippen molar-refractivity contribution in [3.05, 3.63) is 35.4 Å². The lowest BCUT2D eigenvalue weighted by molar-refractivity contribution is 0.305. The molecule has 0 spiro atoms. The molecule has 0 aromatic heterocycles. The minimum atomic E-state index is -3.24. The van der Waals surface area contributed by atoms with Crippen LogP contribution in [0.25, 0.3) is 0 Å². The van der Waals surface area contributed by atoms with Crippen molar-refractivity contribution < 1.29 is 13.5 Å². The summed E-state index contributed by atoms with van der Waals surface area (Å²) in [6.45, 7) is 3.83. The number of benzene rings is 1. The minimum Gasteiger partial charge on any atom is -0.395 e. The van der Waals surface area contributed by atoms with Crippen LogP contribution in [-0.4, -0.2) is 25.9 Å². The summed E-state index contributed by atoms with van der Waals surface area (Å²) in [5.41, 5.74) is 1.70. The first-order valence-electron chi connectivity index (χ1n) is 7.18. The molecule has 2 N–H and O–H groups in total. The molecule has 1 rings (SSSR count). The molecule has 4 nitrogen and oxygen atoms in total. The Morgan fingerprint density at radius 2 is 2.14 bits per heavy atom. The third kappa shape index (κ3) is 6.76. The molecule has 5 heteroatoms. The average molecular weight is 309 g/mol. The summed E-state index contributed by atoms with van der Waals surface area (Å²) in [6, 6.07) is 7.19. The number of hydrogen-bond donors (Lipinski definition) is 2. The summed E-state index contributed by atoms with van der Waals surface area (Å²) in [5.74, 6) is 5.96. The zero-order valence-corrected chi connectivity index (χ0v) is 13.4. The van der Waals surface area contributed by atoms with Gasteiger partial charge in [0, 0.05) is 18.0 Å². The van der Waals surface area contributed by atoms with Crippen molar-refractivity contribution in [2.45, 2.75) is 39.2 Å². The van der Waals surface area contributed by atoms with Crippen LogP contribution in [0.4, 0.5) is 0 Å². The maximum atomic E-state index is 11.9. The third-order valence-corrected chi connectivity index (χ3v) is 4.52. The van der Waals surface area contributed by atoms with Crippen molar-refractivity contribution in [2.75, 3.05) is 12.4 Å². The zero-order chi connectivity index (χ0) is 15.7. The van der Waals surface area contributed by atoms with Crippen molar-refractivity contribution in [3.63, 3.8) is 0 Å². The maximum Gasteiger partial charge on any atom is 0.212 e. The normalized spacial score (nSPS) is 12.5. The highest BCUT2D eigenvalue weighted by atomic mass is 32.2. The van der Waals surface area contributed by atoms with Crippen molar-refractivity contribution >= 4 is 10.0 Å². The predicted octanol–water partition coefficient (Wildman–Crippen LogP) is 2.20. The van der Waals surface area contributed by atoms with Gasteiger partial charge < -0.3 is 5.11 Å². The van der Waals surface area contributed by atoms with Crippen LogP contribution in [0.15, 0.2) is 24.3 Å². The van der Waals surface area contributed by atoms with Gasteiger partial charge in [-0.2, -0.15) is 0 Å². The van der Waals surface area contributed by atoms with Gasteiger partial charge in [0.05, 0.1) is 12.4 Å². The van der Waals surface area contributed by atoms with E-state index in [9.17, 15) is 8.42 Å². The summed E-state index contributed by atoms with van der Waals surface area (Å²) in [7, 11) is -3.24. The Morgan fingerprint density at radius 1 is 1.38 bits per heavy atom. The quantitative estimate of drug-likeness (QED) is 0.759. The van der Waals surface area contributed by atoms with Crippen molar-refractivity contribution in [2.24, 2.45) is 0 Å². The molecule has 0 aliphatic rings. The molecule has 1 aromatic carbocycles. The highest BCUT2D eigenvalue weighted by molar-refractivity contribution is 7.89. The molecule has 1 aromatic rings. The van der Waals surface area contributed by atoms with E-state index in [1.165, 1.54) is 0 Å². The molecule has 0 aliphatic heterocycles. The molecular weight excluding hydrogens is 286 g/mol. The highest BCUT2D eigenvalue weighted by Crippen LogP contribution is 2.15. The van der Waals surface area contributed by atoms with Crippen LogP contribution < -0.4 is 4.72 Å². The van der Waals surface area contributed by atoms with Gasteiger partial charge in [-0.3, -0.25) is 0 Å². The van der Waals surface area contributed by atoms with Crippen LogP contribution >= 0.6 is 0 Å². The Kier molecular flexibility index (Phi) is 7.44. The topological polar surface area (TPSA) is 66.4 Å². The van der Waals surface area contributed by atoms with Gasteiger partial charge in [-0.15, -0.1) is 0 Å². The number of rotatable bonds is 7. The molecule has 0 amide bonds. The van der Waals surface area contributed by atoms with E-state index in [1.807, 2.05) is 38.1 Å². The van der Waals surface area contributed by atoms with Gasteiger partial charge in [0.25, 0.3) is 0 Å². The number of unbranched alkanes of at least 4 members (excludes halogenated alkanes) is 1. The smallest absolute Gasteiger partial charge is 0.212 e. The Balaban J connectivity index is 2.77. The molecule has 0 radical (unpaired) electrons. The first-order chi connectivity index (χ1) is 9.98. The van der Waals surface area contributed by atoms with Gasteiger partial charge in [0.15, 0.2) is 0 Å². The molecule has 1 atom stereocenters. The largest absolute Gasteiger partial charge is 0.395 e. The average Bonchev–Trinajstić information content (AvgIpc) is 2.45. The summed E-state index contributed by atoms with van der Waals surface area (Å²) < 4.78 is 26.5. The van der Waals surface area contributed by atoms with Crippen LogP contribution in [0, 0.1) is 11.8 Å². The molecular formula is C16H23NO3S. The van der Waals surface area contributed by atoms with Gasteiger partial charge >= 0.3 is 0 Å². The standard InChI is InChI=1S/C16H23NO3S/c1-3-4-12-21(19,20)17-14(2)16-10-7-9-15(13-16)8-5-6-11-18/h7,9-10,13-14,17-18H,3-4,6,11-12H2,1-2H3. The molecule has 1 unspecified atom stereocenters. The first-order valence-corrected chi connectivity index (χ1v) is 8.83. The fourth-order valence-electron chi connectivity index (χ4n) is 1.84. The lowest BCUT2D eigenvalue weighted by atomic mass is 10.1. The molecule has 0 bridgehead atoms. The predicted molar refractivity (Wildman–Crippen MR) is 85.3 cm³/mol. The second kappa shape index (κ2) is 8.83. The Bertz CT molecular complexity index is 599. The second-order valence-electron chi connectivity index (χ2n) is 4.91. The van der Waals surface area contributed by atoms with Crippen LogP contribution in [0.5, 0.6) is 0 Å². The lowest BCUT2D eigenvalue weighted by Crippen LogP contribution is -2.29. The van der Waals surface area contributed by atoms with E-state index in [0.29, 0.717) is 12.8 Å². The molecule has 0 fully saturated rings. The summed E-state index contributed by atoms with van der Waals surface area (Å²) in [5, 5.41) is 8.71. The van der Waals surface area contributed by atoms with E-state index in [1.54, 1.807) is 0 Å². The number of hydrogen-bond acceptors (Lipinski definition) is 3. The van der Waals surface area contributed by atoms with Crippen molar-refractivity contribution in [1.82, 2.24) is 4.72 Å². The Labute approximate surface area is 127 Å². The van der Waals surface area contributed by atoms with E-state index in [4.69, 9.17) is 5.11 Å². The molecule has 0 saturated heterocycles. The lowest BCUT2D eigenvalue weighted by Gasteiger charge is -2.14. The number of nitrogens with one attached hydrogen (secondary N) is 1. The van der Waals surface area contributed by atoms with Gasteiger partial charge in [0.2, 0.25) is 10.0 Å². The van der Waals surface area contributed by atoms with Gasteiger partial charge in [-0.1, -0.05) is 37.3 Å². The minimum absolute atomic E-state index is 0.0420. The molecule has 0 heterocycles. The molecule has 0 saturated carbocycles. The zero-order valence-electron chi connectivity index (χ0n) is 12.6. The van der Waals surface area contributed by atoms with Crippen LogP contribution in [0.1, 0.15) is 50.3 Å². The summed E-state index contributed by atoms with van der Waals surface area (Å²) >= 11 is 0. The number of sulfonamides is 1. The Morgan fingerprint density at radius 3 is 2.81 bits per heavy atom. The fraction of sp³-hybridized carbons (Fsp3) is 0.500. The summed E-state index contributed by atoms with van der Waals surface area (Å²) in [4.78, 5) is 0. The first kappa shape index (κ1) is 17.7. The second-order valence-corrected chi connectivity index (χ2v) is 6.79. The third-order valence-electron chi connectivity index (χ3n) is 2.98. The maximum absolute atomic E-state index is 11.9. The van der Waals surface area contributed by atoms with Crippen LogP contribution in [-0.2, 0) is 10.0 Å². The van der Waals surface area contributed by atoms with Crippen LogP contribution in [0.2, 0.25) is 0 Å². The monoisotopic (exact) mass is 309 g/mol. The molecule has 21 heavy (non-hydrogen) atoms. The van der Waals surface area contributed by atoms with Gasteiger partial charge in [-0.05, 0) is 31.0 Å². The van der Waals surface area contributed by atoms with Gasteiger partial charge in [0.1, 0.15) is 0 Å². The van der Waals surface area contributed by atoms with E-state index >= 15 is 0 Å². The van der Waals surface area contributed by atoms with Crippen molar-refractivity contribution in [1.29, 1.82) is 0 Å². The number of aliphatic hydroxyl groups excluding tert-OH is 1. The SMILES string of the molecule is CCCCS(=O)(=O)NC(C)c1cccc(C#CCCO)c1. The highest BCUT2D eigenvalue weighted by Gasteiger charge is 2.15. The van der Waals surface area contributed by atoms with Gasteiger partial charge in [-0.25, -0.2) is 13.1 Å². The molecule has 0 aliphatic carbocycles. The van der Waals surface area contributed by atoms with Crippen LogP contribution in [0.3, 0.4) is 0 Å². The Hall–Kier alpha value is -1.35. The fourth-order valence-corrected chi connectivity index (χ4v) is 3.30. The van der Waals surface area contributed by atoms with Crippen molar-refractivity contribution in [3.8, 4) is 11.8 Å². The van der Waals surface area contributed by atoms with E-state index in [2.05, 4.69) is 16.6 Å². The number of aliphatic hydroxyl groups is 1. The molecule has 116 valence electrons. The van der Waals surface area contributed by atoms with E-state index < -0.39 is 10.0 Å². The van der Waals surface area contributed by atoms with E-state index in [-0.39, 0.29) is 18.4 Å². The van der Waals surface area contributed by atoms with E-state index in [0.717, 1.165) is 17.5 Å². The summed E-state index contributed by atoms with van der Waals surface area (Å²) in [6.07, 6.45) is 1.95.